The second-order valence-electron chi connectivity index (χ2n) is 11.0. The molecule has 1 N–H and O–H groups in total. The number of pyridine rings is 2. The van der Waals surface area contributed by atoms with Gasteiger partial charge in [0.05, 0.1) is 23.5 Å². The summed E-state index contributed by atoms with van der Waals surface area (Å²) in [5, 5.41) is 9.71. The summed E-state index contributed by atoms with van der Waals surface area (Å²) in [6.07, 6.45) is 4.86. The van der Waals surface area contributed by atoms with Crippen LogP contribution in [0.15, 0.2) is 42.6 Å². The maximum absolute atomic E-state index is 14.9. The molecule has 1 saturated carbocycles. The first-order valence-electron chi connectivity index (χ1n) is 14.2. The van der Waals surface area contributed by atoms with E-state index in [9.17, 15) is 14.3 Å². The molecule has 0 bridgehead atoms. The number of fused-ring (bicyclic) bond motifs is 1. The predicted octanol–water partition coefficient (Wildman–Crippen LogP) is 6.71. The first kappa shape index (κ1) is 27.3. The summed E-state index contributed by atoms with van der Waals surface area (Å²) in [4.78, 5) is 23.3. The molecule has 1 aliphatic carbocycles. The topological polar surface area (TPSA) is 75.6 Å². The van der Waals surface area contributed by atoms with Crippen molar-refractivity contribution in [2.75, 3.05) is 13.1 Å². The fraction of sp³-hybridized carbons (Fsp3) is 0.469. The average molecular weight is 532 g/mol. The number of ether oxygens (including phenoxy) is 1. The van der Waals surface area contributed by atoms with Gasteiger partial charge in [-0.1, -0.05) is 39.0 Å². The Hall–Kier alpha value is -3.32. The normalized spacial score (nSPS) is 18.4. The first-order chi connectivity index (χ1) is 18.8. The summed E-state index contributed by atoms with van der Waals surface area (Å²) in [6, 6.07) is 11.9. The molecule has 3 aromatic rings. The van der Waals surface area contributed by atoms with Gasteiger partial charge >= 0.3 is 5.97 Å². The van der Waals surface area contributed by atoms with Crippen LogP contribution in [0, 0.1) is 24.6 Å². The molecular weight excluding hydrogens is 493 g/mol. The molecule has 39 heavy (non-hydrogen) atoms. The Morgan fingerprint density at radius 1 is 1.13 bits per heavy atom. The van der Waals surface area contributed by atoms with Crippen molar-refractivity contribution in [3.8, 4) is 16.9 Å². The molecule has 0 saturated heterocycles. The summed E-state index contributed by atoms with van der Waals surface area (Å²) in [6.45, 7) is 10.2. The number of nitrogens with zero attached hydrogens (tertiary/aromatic N) is 3. The van der Waals surface area contributed by atoms with Crippen LogP contribution in [0.4, 0.5) is 4.39 Å². The van der Waals surface area contributed by atoms with Gasteiger partial charge in [-0.15, -0.1) is 0 Å². The molecule has 1 fully saturated rings. The summed E-state index contributed by atoms with van der Waals surface area (Å²) >= 11 is 0. The molecule has 0 spiro atoms. The fourth-order valence-electron chi connectivity index (χ4n) is 5.85. The number of carboxylic acids is 1. The van der Waals surface area contributed by atoms with E-state index in [0.29, 0.717) is 18.0 Å². The molecule has 2 aliphatic rings. The van der Waals surface area contributed by atoms with Crippen LogP contribution < -0.4 is 4.74 Å². The number of aryl methyl sites for hydroxylation is 2. The van der Waals surface area contributed by atoms with E-state index >= 15 is 0 Å². The van der Waals surface area contributed by atoms with Gasteiger partial charge in [-0.3, -0.25) is 19.7 Å². The molecule has 2 aromatic heterocycles. The van der Waals surface area contributed by atoms with Crippen molar-refractivity contribution in [3.63, 3.8) is 0 Å². The van der Waals surface area contributed by atoms with Crippen LogP contribution in [0.5, 0.6) is 5.75 Å². The zero-order valence-corrected chi connectivity index (χ0v) is 23.3. The summed E-state index contributed by atoms with van der Waals surface area (Å²) in [5.74, 6) is -0.319. The molecule has 1 aliphatic heterocycles. The maximum Gasteiger partial charge on any atom is 0.306 e. The number of aliphatic carboxylic acids is 1. The third kappa shape index (κ3) is 5.83. The van der Waals surface area contributed by atoms with E-state index in [4.69, 9.17) is 9.72 Å². The number of carbonyl (C=O) groups is 1. The molecule has 7 heteroatoms. The van der Waals surface area contributed by atoms with Crippen LogP contribution >= 0.6 is 0 Å². The van der Waals surface area contributed by atoms with Gasteiger partial charge in [0.15, 0.2) is 0 Å². The van der Waals surface area contributed by atoms with Crippen molar-refractivity contribution in [3.05, 3.63) is 76.6 Å². The van der Waals surface area contributed by atoms with Crippen molar-refractivity contribution in [2.45, 2.75) is 71.9 Å². The molecule has 6 nitrogen and oxygen atoms in total. The molecule has 0 amide bonds. The van der Waals surface area contributed by atoms with Crippen LogP contribution in [0.2, 0.25) is 0 Å². The lowest BCUT2D eigenvalue weighted by Crippen LogP contribution is -2.24. The fourth-order valence-corrected chi connectivity index (χ4v) is 5.85. The molecule has 0 radical (unpaired) electrons. The molecule has 206 valence electrons. The van der Waals surface area contributed by atoms with Gasteiger partial charge in [-0.05, 0) is 86.9 Å². The van der Waals surface area contributed by atoms with Gasteiger partial charge < -0.3 is 9.84 Å². The van der Waals surface area contributed by atoms with Gasteiger partial charge in [-0.2, -0.15) is 0 Å². The van der Waals surface area contributed by atoms with E-state index in [2.05, 4.69) is 41.9 Å². The minimum Gasteiger partial charge on any atom is -0.484 e. The van der Waals surface area contributed by atoms with Crippen molar-refractivity contribution < 1.29 is 19.0 Å². The maximum atomic E-state index is 14.9. The Morgan fingerprint density at radius 2 is 1.90 bits per heavy atom. The smallest absolute Gasteiger partial charge is 0.306 e. The molecular formula is C32H38FN3O3. The highest BCUT2D eigenvalue weighted by molar-refractivity contribution is 5.71. The van der Waals surface area contributed by atoms with Gasteiger partial charge in [-0.25, -0.2) is 4.39 Å². The lowest BCUT2D eigenvalue weighted by molar-refractivity contribution is -0.142. The first-order valence-corrected chi connectivity index (χ1v) is 14.2. The number of hydrogen-bond donors (Lipinski definition) is 1. The van der Waals surface area contributed by atoms with Crippen LogP contribution in [0.3, 0.4) is 0 Å². The number of benzene rings is 1. The van der Waals surface area contributed by atoms with Crippen molar-refractivity contribution in [2.24, 2.45) is 11.8 Å². The minimum atomic E-state index is -0.755. The molecule has 3 atom stereocenters. The molecule has 1 aromatic carbocycles. The van der Waals surface area contributed by atoms with Gasteiger partial charge in [0.25, 0.3) is 0 Å². The molecule has 3 heterocycles. The zero-order chi connectivity index (χ0) is 27.7. The van der Waals surface area contributed by atoms with Gasteiger partial charge in [0, 0.05) is 23.4 Å². The number of rotatable bonds is 10. The largest absolute Gasteiger partial charge is 0.484 e. The predicted molar refractivity (Wildman–Crippen MR) is 149 cm³/mol. The molecule has 1 unspecified atom stereocenters. The summed E-state index contributed by atoms with van der Waals surface area (Å²) < 4.78 is 21.4. The third-order valence-corrected chi connectivity index (χ3v) is 8.35. The average Bonchev–Trinajstić information content (AvgIpc) is 3.78. The lowest BCUT2D eigenvalue weighted by atomic mass is 9.82. The third-order valence-electron chi connectivity index (χ3n) is 8.35. The van der Waals surface area contributed by atoms with Crippen LogP contribution in [-0.4, -0.2) is 39.0 Å². The van der Waals surface area contributed by atoms with E-state index in [1.807, 2.05) is 26.0 Å². The summed E-state index contributed by atoms with van der Waals surface area (Å²) in [7, 11) is 0. The number of carboxylic acid groups (broad SMARTS) is 1. The van der Waals surface area contributed by atoms with Crippen molar-refractivity contribution in [1.82, 2.24) is 14.9 Å². The van der Waals surface area contributed by atoms with E-state index in [1.54, 1.807) is 6.07 Å². The highest BCUT2D eigenvalue weighted by Crippen LogP contribution is 2.48. The minimum absolute atomic E-state index is 0.00595. The van der Waals surface area contributed by atoms with Crippen LogP contribution in [-0.2, 0) is 17.8 Å². The van der Waals surface area contributed by atoms with E-state index < -0.39 is 11.9 Å². The van der Waals surface area contributed by atoms with Crippen LogP contribution in [0.1, 0.15) is 80.3 Å². The van der Waals surface area contributed by atoms with Gasteiger partial charge in [0.1, 0.15) is 17.7 Å². The monoisotopic (exact) mass is 531 g/mol. The Balaban J connectivity index is 1.47. The zero-order valence-electron chi connectivity index (χ0n) is 23.3. The second kappa shape index (κ2) is 11.4. The number of aromatic nitrogens is 2. The number of halogens is 1. The standard InChI is InChI=1S/C32H38FN3O3/c1-5-36(6-2)18-28-24(25-15-19(3)34-17-26(25)33)12-13-27(35-28)29-14-11-21-7-10-23(16-30(21)39-29)31(22-8-9-22)20(4)32(37)38/h7,10,12-13,15-17,20,22,29,31H,5-6,8-9,11,14,18H2,1-4H3,(H,37,38)/t20-,29?,31-/m0/s1. The Kier molecular flexibility index (Phi) is 7.98. The van der Waals surface area contributed by atoms with Crippen LogP contribution in [0.25, 0.3) is 11.1 Å². The Morgan fingerprint density at radius 3 is 2.59 bits per heavy atom. The van der Waals surface area contributed by atoms with Gasteiger partial charge in [0.2, 0.25) is 0 Å². The van der Waals surface area contributed by atoms with E-state index in [-0.39, 0.29) is 17.8 Å². The quantitative estimate of drug-likeness (QED) is 0.313. The highest BCUT2D eigenvalue weighted by atomic mass is 19.1. The Bertz CT molecular complexity index is 1350. The van der Waals surface area contributed by atoms with Crippen molar-refractivity contribution in [1.29, 1.82) is 0 Å². The van der Waals surface area contributed by atoms with Crippen molar-refractivity contribution >= 4 is 5.97 Å². The lowest BCUT2D eigenvalue weighted by Gasteiger charge is -2.29. The SMILES string of the molecule is CCN(CC)Cc1nc(C2CCc3ccc([C@H](C4CC4)[C@H](C)C(=O)O)cc3O2)ccc1-c1cc(C)ncc1F. The second-order valence-corrected chi connectivity index (χ2v) is 11.0. The number of hydrogen-bond acceptors (Lipinski definition) is 5. The highest BCUT2D eigenvalue weighted by Gasteiger charge is 2.39. The Labute approximate surface area is 230 Å². The summed E-state index contributed by atoms with van der Waals surface area (Å²) in [5.41, 5.74) is 5.90. The van der Waals surface area contributed by atoms with E-state index in [0.717, 1.165) is 78.3 Å². The molecule has 5 rings (SSSR count). The van der Waals surface area contributed by atoms with E-state index in [1.165, 1.54) is 6.20 Å².